The third-order valence-electron chi connectivity index (χ3n) is 5.54. The zero-order chi connectivity index (χ0) is 26.7. The molecule has 1 heterocycles. The van der Waals surface area contributed by atoms with Crippen molar-refractivity contribution in [2.24, 2.45) is 0 Å². The highest BCUT2D eigenvalue weighted by atomic mass is 79.9. The maximum atomic E-state index is 13.2. The number of hydrogen-bond donors (Lipinski definition) is 2. The number of hydrogen-bond acceptors (Lipinski definition) is 6. The monoisotopic (exact) mass is 564 g/mol. The summed E-state index contributed by atoms with van der Waals surface area (Å²) in [6.07, 6.45) is 1.33. The average molecular weight is 565 g/mol. The van der Waals surface area contributed by atoms with Crippen molar-refractivity contribution in [2.45, 2.75) is 13.5 Å². The maximum Gasteiger partial charge on any atom is 0.335 e. The van der Waals surface area contributed by atoms with E-state index in [1.165, 1.54) is 37.5 Å². The van der Waals surface area contributed by atoms with Crippen molar-refractivity contribution in [3.8, 4) is 11.5 Å². The number of imide groups is 2. The number of rotatable bonds is 7. The normalized spacial score (nSPS) is 14.5. The number of carboxylic acids is 1. The molecule has 0 bridgehead atoms. The minimum absolute atomic E-state index is 0.0120. The van der Waals surface area contributed by atoms with Crippen molar-refractivity contribution < 1.29 is 33.8 Å². The molecular weight excluding hydrogens is 544 g/mol. The maximum absolute atomic E-state index is 13.2. The van der Waals surface area contributed by atoms with Crippen molar-refractivity contribution in [3.63, 3.8) is 0 Å². The molecule has 0 atom stereocenters. The number of amides is 4. The van der Waals surface area contributed by atoms with Gasteiger partial charge in [0, 0.05) is 0 Å². The van der Waals surface area contributed by atoms with Crippen molar-refractivity contribution in [1.82, 2.24) is 5.32 Å². The van der Waals surface area contributed by atoms with E-state index in [1.54, 1.807) is 12.1 Å². The first kappa shape index (κ1) is 25.6. The Labute approximate surface area is 220 Å². The molecule has 2 N–H and O–H groups in total. The van der Waals surface area contributed by atoms with E-state index >= 15 is 0 Å². The van der Waals surface area contributed by atoms with Crippen LogP contribution in [0.15, 0.2) is 70.7 Å². The van der Waals surface area contributed by atoms with Crippen LogP contribution in [0, 0.1) is 6.92 Å². The molecule has 37 heavy (non-hydrogen) atoms. The van der Waals surface area contributed by atoms with Crippen molar-refractivity contribution in [3.05, 3.63) is 93.0 Å². The van der Waals surface area contributed by atoms with Gasteiger partial charge in [-0.3, -0.25) is 14.9 Å². The van der Waals surface area contributed by atoms with Crippen LogP contribution in [0.25, 0.3) is 6.08 Å². The number of carbonyl (C=O) groups excluding carboxylic acids is 3. The van der Waals surface area contributed by atoms with Gasteiger partial charge < -0.3 is 14.6 Å². The van der Waals surface area contributed by atoms with Crippen LogP contribution in [0.1, 0.15) is 27.0 Å². The minimum atomic E-state index is -1.15. The Morgan fingerprint density at radius 1 is 1.05 bits per heavy atom. The van der Waals surface area contributed by atoms with Gasteiger partial charge in [0.15, 0.2) is 11.5 Å². The number of carboxylic acid groups (broad SMARTS) is 1. The molecule has 0 aromatic heterocycles. The van der Waals surface area contributed by atoms with Crippen LogP contribution < -0.4 is 19.7 Å². The molecule has 4 rings (SSSR count). The second-order valence-corrected chi connectivity index (χ2v) is 8.97. The van der Waals surface area contributed by atoms with E-state index in [9.17, 15) is 19.2 Å². The van der Waals surface area contributed by atoms with Crippen LogP contribution in [0.5, 0.6) is 11.5 Å². The highest BCUT2D eigenvalue weighted by molar-refractivity contribution is 9.10. The second kappa shape index (κ2) is 10.7. The van der Waals surface area contributed by atoms with Crippen LogP contribution in [0.2, 0.25) is 0 Å². The molecule has 4 amide bonds. The molecule has 1 fully saturated rings. The SMILES string of the molecule is COc1cc(/C=C2\C(=O)NC(=O)N(c3ccc(C(=O)O)cc3)C2=O)cc(Br)c1OCc1ccc(C)cc1. The van der Waals surface area contributed by atoms with Crippen LogP contribution >= 0.6 is 15.9 Å². The summed E-state index contributed by atoms with van der Waals surface area (Å²) in [7, 11) is 1.47. The highest BCUT2D eigenvalue weighted by Crippen LogP contribution is 2.38. The standard InChI is InChI=1S/C27H21BrN2O7/c1-15-3-5-16(6-4-15)14-37-23-21(28)12-17(13-22(23)36-2)11-20-24(31)29-27(35)30(25(20)32)19-9-7-18(8-10-19)26(33)34/h3-13H,14H2,1-2H3,(H,33,34)(H,29,31,35)/b20-11+. The van der Waals surface area contributed by atoms with Gasteiger partial charge in [0.05, 0.1) is 22.8 Å². The number of ether oxygens (including phenoxy) is 2. The van der Waals surface area contributed by atoms with Gasteiger partial charge >= 0.3 is 12.0 Å². The number of benzene rings is 3. The number of nitrogens with one attached hydrogen (secondary N) is 1. The molecule has 0 saturated carbocycles. The number of aryl methyl sites for hydroxylation is 1. The third-order valence-corrected chi connectivity index (χ3v) is 6.13. The van der Waals surface area contributed by atoms with Gasteiger partial charge in [0.1, 0.15) is 12.2 Å². The van der Waals surface area contributed by atoms with Gasteiger partial charge in [-0.1, -0.05) is 29.8 Å². The van der Waals surface area contributed by atoms with Crippen molar-refractivity contribution in [2.75, 3.05) is 12.0 Å². The quantitative estimate of drug-likeness (QED) is 0.314. The number of nitrogens with zero attached hydrogens (tertiary/aromatic N) is 1. The van der Waals surface area contributed by atoms with E-state index in [0.717, 1.165) is 16.0 Å². The summed E-state index contributed by atoms with van der Waals surface area (Å²) in [6, 6.07) is 15.4. The van der Waals surface area contributed by atoms with Gasteiger partial charge in [-0.2, -0.15) is 0 Å². The van der Waals surface area contributed by atoms with E-state index in [-0.39, 0.29) is 16.8 Å². The molecule has 0 spiro atoms. The zero-order valence-corrected chi connectivity index (χ0v) is 21.4. The summed E-state index contributed by atoms with van der Waals surface area (Å²) >= 11 is 3.46. The fourth-order valence-corrected chi connectivity index (χ4v) is 4.19. The summed E-state index contributed by atoms with van der Waals surface area (Å²) in [4.78, 5) is 50.0. The fourth-order valence-electron chi connectivity index (χ4n) is 3.61. The first-order valence-corrected chi connectivity index (χ1v) is 11.8. The van der Waals surface area contributed by atoms with Gasteiger partial charge in [-0.15, -0.1) is 0 Å². The number of urea groups is 1. The van der Waals surface area contributed by atoms with E-state index < -0.39 is 23.8 Å². The average Bonchev–Trinajstić information content (AvgIpc) is 2.86. The van der Waals surface area contributed by atoms with Crippen LogP contribution in [0.4, 0.5) is 10.5 Å². The van der Waals surface area contributed by atoms with Crippen LogP contribution in [0.3, 0.4) is 0 Å². The van der Waals surface area contributed by atoms with Crippen LogP contribution in [-0.4, -0.2) is 36.0 Å². The predicted octanol–water partition coefficient (Wildman–Crippen LogP) is 4.71. The lowest BCUT2D eigenvalue weighted by Gasteiger charge is -2.26. The summed E-state index contributed by atoms with van der Waals surface area (Å²) in [5.41, 5.74) is 2.37. The Hall–Kier alpha value is -4.44. The Bertz CT molecular complexity index is 1430. The van der Waals surface area contributed by atoms with Gasteiger partial charge in [-0.05, 0) is 76.5 Å². The number of halogens is 1. The molecule has 1 aliphatic rings. The lowest BCUT2D eigenvalue weighted by molar-refractivity contribution is -0.122. The van der Waals surface area contributed by atoms with E-state index in [1.807, 2.05) is 31.2 Å². The zero-order valence-electron chi connectivity index (χ0n) is 19.8. The predicted molar refractivity (Wildman–Crippen MR) is 139 cm³/mol. The fraction of sp³-hybridized carbons (Fsp3) is 0.111. The molecule has 0 aliphatic carbocycles. The largest absolute Gasteiger partial charge is 0.493 e. The molecule has 0 unspecified atom stereocenters. The van der Waals surface area contributed by atoms with Crippen molar-refractivity contribution in [1.29, 1.82) is 0 Å². The molecule has 0 radical (unpaired) electrons. The first-order chi connectivity index (χ1) is 17.7. The van der Waals surface area contributed by atoms with Gasteiger partial charge in [0.2, 0.25) is 0 Å². The van der Waals surface area contributed by atoms with Crippen molar-refractivity contribution >= 4 is 51.5 Å². The Kier molecular flexibility index (Phi) is 7.40. The lowest BCUT2D eigenvalue weighted by atomic mass is 10.1. The summed E-state index contributed by atoms with van der Waals surface area (Å²) in [5, 5.41) is 11.2. The second-order valence-electron chi connectivity index (χ2n) is 8.12. The number of anilines is 1. The smallest absolute Gasteiger partial charge is 0.335 e. The summed E-state index contributed by atoms with van der Waals surface area (Å²) in [6.45, 7) is 2.30. The molecule has 9 nitrogen and oxygen atoms in total. The number of barbiturate groups is 1. The Morgan fingerprint density at radius 2 is 1.73 bits per heavy atom. The van der Waals surface area contributed by atoms with Gasteiger partial charge in [0.25, 0.3) is 11.8 Å². The summed E-state index contributed by atoms with van der Waals surface area (Å²) in [5.74, 6) is -2.05. The molecule has 1 aliphatic heterocycles. The van der Waals surface area contributed by atoms with Crippen LogP contribution in [-0.2, 0) is 16.2 Å². The molecule has 3 aromatic carbocycles. The molecular formula is C27H21BrN2O7. The Morgan fingerprint density at radius 3 is 2.35 bits per heavy atom. The molecule has 3 aromatic rings. The number of carbonyl (C=O) groups is 4. The number of methoxy groups -OCH3 is 1. The van der Waals surface area contributed by atoms with E-state index in [0.29, 0.717) is 28.1 Å². The highest BCUT2D eigenvalue weighted by Gasteiger charge is 2.37. The molecule has 10 heteroatoms. The molecule has 1 saturated heterocycles. The van der Waals surface area contributed by atoms with E-state index in [4.69, 9.17) is 14.6 Å². The third kappa shape index (κ3) is 5.54. The first-order valence-electron chi connectivity index (χ1n) is 11.0. The number of aromatic carboxylic acids is 1. The molecule has 188 valence electrons. The van der Waals surface area contributed by atoms with Gasteiger partial charge in [-0.25, -0.2) is 14.5 Å². The summed E-state index contributed by atoms with van der Waals surface area (Å²) < 4.78 is 12.0. The van der Waals surface area contributed by atoms with E-state index in [2.05, 4.69) is 21.2 Å². The topological polar surface area (TPSA) is 122 Å². The Balaban J connectivity index is 1.62. The minimum Gasteiger partial charge on any atom is -0.493 e. The lowest BCUT2D eigenvalue weighted by Crippen LogP contribution is -2.54.